The summed E-state index contributed by atoms with van der Waals surface area (Å²) in [5.74, 6) is -0.525. The summed E-state index contributed by atoms with van der Waals surface area (Å²) in [5.41, 5.74) is 7.38. The normalized spacial score (nSPS) is 22.4. The average Bonchev–Trinajstić information content (AvgIpc) is 3.18. The van der Waals surface area contributed by atoms with Gasteiger partial charge in [0.2, 0.25) is 17.7 Å². The Morgan fingerprint density at radius 3 is 2.66 bits per heavy atom. The predicted molar refractivity (Wildman–Crippen MR) is 136 cm³/mol. The molecule has 0 radical (unpaired) electrons. The van der Waals surface area contributed by atoms with E-state index in [0.717, 1.165) is 30.6 Å². The number of hydrogen-bond donors (Lipinski definition) is 4. The van der Waals surface area contributed by atoms with Crippen molar-refractivity contribution in [2.24, 2.45) is 11.1 Å². The lowest BCUT2D eigenvalue weighted by Crippen LogP contribution is -2.50. The van der Waals surface area contributed by atoms with E-state index < -0.39 is 6.04 Å². The number of fused-ring (bicyclic) bond motifs is 1. The second-order valence-electron chi connectivity index (χ2n) is 9.80. The van der Waals surface area contributed by atoms with Crippen molar-refractivity contribution in [1.29, 1.82) is 5.41 Å². The molecule has 1 aliphatic carbocycles. The highest BCUT2D eigenvalue weighted by molar-refractivity contribution is 7.10. The van der Waals surface area contributed by atoms with Crippen molar-refractivity contribution in [1.82, 2.24) is 15.5 Å². The number of carbonyl (C=O) groups excluding carboxylic acids is 3. The quantitative estimate of drug-likeness (QED) is 0.217. The first-order chi connectivity index (χ1) is 16.8. The minimum atomic E-state index is -0.527. The van der Waals surface area contributed by atoms with E-state index in [9.17, 15) is 14.4 Å². The smallest absolute Gasteiger partial charge is 0.243 e. The number of piperidine rings is 1. The molecule has 186 valence electrons. The van der Waals surface area contributed by atoms with Crippen LogP contribution >= 0.6 is 11.3 Å². The Balaban J connectivity index is 1.23. The molecule has 0 bridgehead atoms. The average molecular weight is 496 g/mol. The molecule has 3 atom stereocenters. The number of hydrogen-bond acceptors (Lipinski definition) is 5. The minimum Gasteiger partial charge on any atom is -0.384 e. The highest BCUT2D eigenvalue weighted by atomic mass is 32.1. The monoisotopic (exact) mass is 495 g/mol. The maximum atomic E-state index is 13.0. The number of nitrogen functional groups attached to an aromatic ring is 1. The van der Waals surface area contributed by atoms with Gasteiger partial charge in [-0.15, -0.1) is 11.3 Å². The summed E-state index contributed by atoms with van der Waals surface area (Å²) in [4.78, 5) is 40.8. The van der Waals surface area contributed by atoms with Crippen molar-refractivity contribution in [3.8, 4) is 0 Å². The molecule has 1 aliphatic heterocycles. The first kappa shape index (κ1) is 24.9. The Bertz CT molecular complexity index is 1100. The fourth-order valence-electron chi connectivity index (χ4n) is 4.88. The molecule has 1 aromatic heterocycles. The van der Waals surface area contributed by atoms with Crippen LogP contribution in [0.4, 0.5) is 0 Å². The number of aryl methyl sites for hydroxylation is 1. The lowest BCUT2D eigenvalue weighted by molar-refractivity contribution is -0.140. The molecule has 1 saturated heterocycles. The number of nitrogens with two attached hydrogens (primary N) is 1. The largest absolute Gasteiger partial charge is 0.384 e. The summed E-state index contributed by atoms with van der Waals surface area (Å²) < 4.78 is 0. The van der Waals surface area contributed by atoms with Crippen molar-refractivity contribution in [2.75, 3.05) is 6.54 Å². The fraction of sp³-hybridized carbons (Fsp3) is 0.462. The van der Waals surface area contributed by atoms with E-state index in [4.69, 9.17) is 11.1 Å². The van der Waals surface area contributed by atoms with Crippen molar-refractivity contribution in [3.63, 3.8) is 0 Å². The van der Waals surface area contributed by atoms with E-state index in [-0.39, 0.29) is 41.6 Å². The Morgan fingerprint density at radius 1 is 1.17 bits per heavy atom. The van der Waals surface area contributed by atoms with Gasteiger partial charge in [0.15, 0.2) is 0 Å². The van der Waals surface area contributed by atoms with Crippen molar-refractivity contribution >= 4 is 34.9 Å². The second-order valence-corrected chi connectivity index (χ2v) is 10.8. The summed E-state index contributed by atoms with van der Waals surface area (Å²) in [6.45, 7) is 2.35. The molecule has 2 heterocycles. The van der Waals surface area contributed by atoms with Gasteiger partial charge in [0.05, 0.1) is 13.1 Å². The number of amides is 3. The van der Waals surface area contributed by atoms with E-state index in [1.165, 1.54) is 16.9 Å². The third-order valence-corrected chi connectivity index (χ3v) is 7.96. The number of likely N-dealkylation sites (tertiary alicyclic amines) is 1. The summed E-state index contributed by atoms with van der Waals surface area (Å²) >= 11 is 1.43. The van der Waals surface area contributed by atoms with Gasteiger partial charge in [-0.2, -0.15) is 0 Å². The molecule has 8 nitrogen and oxygen atoms in total. The van der Waals surface area contributed by atoms with Crippen molar-refractivity contribution in [2.45, 2.75) is 64.1 Å². The van der Waals surface area contributed by atoms with Crippen LogP contribution in [-0.4, -0.2) is 47.1 Å². The van der Waals surface area contributed by atoms with Gasteiger partial charge in [0.25, 0.3) is 0 Å². The molecule has 0 unspecified atom stereocenters. The SMILES string of the molecule is C[C@@]12C[C@@H]1N(C(=O)CNC(=O)CCCCc1ccccc1)[C@H](C(=O)NCc1cc(C(=N)N)cs1)C2. The molecule has 9 heteroatoms. The van der Waals surface area contributed by atoms with E-state index in [2.05, 4.69) is 29.7 Å². The molecule has 1 aromatic carbocycles. The van der Waals surface area contributed by atoms with Crippen LogP contribution in [0.25, 0.3) is 0 Å². The van der Waals surface area contributed by atoms with Crippen LogP contribution in [0.5, 0.6) is 0 Å². The lowest BCUT2D eigenvalue weighted by atomic mass is 10.0. The minimum absolute atomic E-state index is 0.00218. The maximum Gasteiger partial charge on any atom is 0.243 e. The van der Waals surface area contributed by atoms with Crippen molar-refractivity contribution < 1.29 is 14.4 Å². The van der Waals surface area contributed by atoms with Gasteiger partial charge in [-0.05, 0) is 49.1 Å². The van der Waals surface area contributed by atoms with Gasteiger partial charge in [0, 0.05) is 28.3 Å². The van der Waals surface area contributed by atoms with Gasteiger partial charge in [0.1, 0.15) is 11.9 Å². The summed E-state index contributed by atoms with van der Waals surface area (Å²) in [6, 6.07) is 11.5. The second kappa shape index (κ2) is 10.6. The number of benzene rings is 1. The van der Waals surface area contributed by atoms with Gasteiger partial charge in [-0.1, -0.05) is 37.3 Å². The van der Waals surface area contributed by atoms with E-state index in [1.807, 2.05) is 18.2 Å². The molecule has 5 N–H and O–H groups in total. The van der Waals surface area contributed by atoms with Crippen LogP contribution in [0.1, 0.15) is 55.0 Å². The molecule has 3 amide bonds. The molecule has 35 heavy (non-hydrogen) atoms. The predicted octanol–water partition coefficient (Wildman–Crippen LogP) is 2.56. The Kier molecular flexibility index (Phi) is 7.54. The van der Waals surface area contributed by atoms with Crippen LogP contribution in [0.15, 0.2) is 41.8 Å². The highest BCUT2D eigenvalue weighted by Gasteiger charge is 2.64. The van der Waals surface area contributed by atoms with Crippen LogP contribution in [0.3, 0.4) is 0 Å². The number of carbonyl (C=O) groups is 3. The summed E-state index contributed by atoms with van der Waals surface area (Å²) in [7, 11) is 0. The third-order valence-electron chi connectivity index (χ3n) is 7.03. The molecule has 2 fully saturated rings. The first-order valence-electron chi connectivity index (χ1n) is 12.1. The van der Waals surface area contributed by atoms with E-state index in [0.29, 0.717) is 24.9 Å². The zero-order valence-electron chi connectivity index (χ0n) is 20.0. The van der Waals surface area contributed by atoms with Crippen LogP contribution < -0.4 is 16.4 Å². The van der Waals surface area contributed by atoms with Gasteiger partial charge < -0.3 is 21.3 Å². The Labute approximate surface area is 209 Å². The molecule has 4 rings (SSSR count). The number of nitrogens with zero attached hydrogens (tertiary/aromatic N) is 1. The molecular weight excluding hydrogens is 462 g/mol. The first-order valence-corrected chi connectivity index (χ1v) is 13.0. The van der Waals surface area contributed by atoms with E-state index >= 15 is 0 Å². The van der Waals surface area contributed by atoms with Gasteiger partial charge in [-0.3, -0.25) is 19.8 Å². The number of unbranched alkanes of at least 4 members (excludes halogenated alkanes) is 1. The fourth-order valence-corrected chi connectivity index (χ4v) is 5.70. The van der Waals surface area contributed by atoms with Gasteiger partial charge in [-0.25, -0.2) is 0 Å². The number of rotatable bonds is 11. The summed E-state index contributed by atoms with van der Waals surface area (Å²) in [5, 5.41) is 15.0. The molecule has 0 spiro atoms. The number of amidine groups is 1. The van der Waals surface area contributed by atoms with Crippen LogP contribution in [-0.2, 0) is 27.3 Å². The highest BCUT2D eigenvalue weighted by Crippen LogP contribution is 2.59. The molecule has 2 aromatic rings. The maximum absolute atomic E-state index is 13.0. The topological polar surface area (TPSA) is 128 Å². The number of thiophene rings is 1. The zero-order chi connectivity index (χ0) is 25.0. The molecular formula is C26H33N5O3S. The third kappa shape index (κ3) is 6.08. The molecule has 1 saturated carbocycles. The molecule has 2 aliphatic rings. The van der Waals surface area contributed by atoms with Gasteiger partial charge >= 0.3 is 0 Å². The lowest BCUT2D eigenvalue weighted by Gasteiger charge is -2.27. The van der Waals surface area contributed by atoms with Crippen LogP contribution in [0.2, 0.25) is 0 Å². The van der Waals surface area contributed by atoms with Crippen molar-refractivity contribution in [3.05, 3.63) is 57.8 Å². The Morgan fingerprint density at radius 2 is 1.94 bits per heavy atom. The Hall–Kier alpha value is -3.20. The number of nitrogens with one attached hydrogen (secondary N) is 3. The van der Waals surface area contributed by atoms with Crippen LogP contribution in [0, 0.1) is 10.8 Å². The standard InChI is InChI=1S/C26H33N5O3S/c1-26-12-20(25(34)30-14-19-11-18(16-35-19)24(27)28)31(21(26)13-26)23(33)15-29-22(32)10-6-5-9-17-7-3-2-4-8-17/h2-4,7-8,11,16,20-21H,5-6,9-10,12-15H2,1H3,(H3,27,28)(H,29,32)(H,30,34)/t20-,21-,26+/m0/s1. The van der Waals surface area contributed by atoms with E-state index in [1.54, 1.807) is 16.3 Å². The summed E-state index contributed by atoms with van der Waals surface area (Å²) in [6.07, 6.45) is 4.51. The zero-order valence-corrected chi connectivity index (χ0v) is 20.8.